The molecule has 0 bridgehead atoms. The Bertz CT molecular complexity index is 484. The summed E-state index contributed by atoms with van der Waals surface area (Å²) in [5, 5.41) is 0.763. The zero-order valence-electron chi connectivity index (χ0n) is 12.2. The van der Waals surface area contributed by atoms with E-state index in [1.807, 2.05) is 30.3 Å². The standard InChI is InChI=1S/C18H23ClSi/c1-2-13-20-14-11-17(12-15-20)6-4-3-5-16-7-9-18(19)10-8-16/h4,6-10,17,20H,2,11-15H2,1H3/b6-4+. The highest BCUT2D eigenvalue weighted by molar-refractivity contribution is 6.58. The Labute approximate surface area is 129 Å². The topological polar surface area (TPSA) is 0 Å². The molecule has 1 heterocycles. The summed E-state index contributed by atoms with van der Waals surface area (Å²) in [7, 11) is -0.342. The Morgan fingerprint density at radius 2 is 1.95 bits per heavy atom. The lowest BCUT2D eigenvalue weighted by molar-refractivity contribution is 0.572. The molecule has 0 saturated carbocycles. The Balaban J connectivity index is 1.79. The molecule has 0 spiro atoms. The fourth-order valence-corrected chi connectivity index (χ4v) is 6.53. The number of hydrogen-bond donors (Lipinski definition) is 0. The van der Waals surface area contributed by atoms with Crippen LogP contribution in [0.5, 0.6) is 0 Å². The van der Waals surface area contributed by atoms with E-state index in [1.54, 1.807) is 6.04 Å². The third-order valence-electron chi connectivity index (χ3n) is 4.10. The minimum Gasteiger partial charge on any atom is -0.0843 e. The van der Waals surface area contributed by atoms with Crippen molar-refractivity contribution in [1.82, 2.24) is 0 Å². The van der Waals surface area contributed by atoms with Crippen LogP contribution in [-0.4, -0.2) is 8.80 Å². The van der Waals surface area contributed by atoms with Crippen molar-refractivity contribution < 1.29 is 0 Å². The molecule has 0 aliphatic carbocycles. The maximum atomic E-state index is 5.85. The summed E-state index contributed by atoms with van der Waals surface area (Å²) in [6, 6.07) is 12.3. The summed E-state index contributed by atoms with van der Waals surface area (Å²) < 4.78 is 0. The summed E-state index contributed by atoms with van der Waals surface area (Å²) in [5.41, 5.74) is 1.03. The third kappa shape index (κ3) is 5.19. The van der Waals surface area contributed by atoms with Gasteiger partial charge in [-0.3, -0.25) is 0 Å². The molecule has 20 heavy (non-hydrogen) atoms. The molecule has 0 amide bonds. The minimum atomic E-state index is -0.342. The lowest BCUT2D eigenvalue weighted by Gasteiger charge is -2.25. The fourth-order valence-electron chi connectivity index (χ4n) is 2.92. The molecule has 1 saturated heterocycles. The molecule has 1 aromatic carbocycles. The van der Waals surface area contributed by atoms with Gasteiger partial charge in [0.05, 0.1) is 0 Å². The van der Waals surface area contributed by atoms with Crippen molar-refractivity contribution in [3.05, 3.63) is 47.0 Å². The van der Waals surface area contributed by atoms with Gasteiger partial charge in [0.2, 0.25) is 0 Å². The first-order valence-corrected chi connectivity index (χ1v) is 10.5. The molecule has 2 rings (SSSR count). The number of allylic oxidation sites excluding steroid dienone is 2. The molecule has 0 nitrogen and oxygen atoms in total. The first-order valence-electron chi connectivity index (χ1n) is 7.71. The molecule has 0 atom stereocenters. The van der Waals surface area contributed by atoms with E-state index in [1.165, 1.54) is 31.4 Å². The van der Waals surface area contributed by atoms with Crippen LogP contribution in [-0.2, 0) is 0 Å². The van der Waals surface area contributed by atoms with Gasteiger partial charge in [-0.1, -0.05) is 61.0 Å². The number of halogens is 1. The molecule has 0 unspecified atom stereocenters. The first kappa shape index (κ1) is 15.4. The number of hydrogen-bond acceptors (Lipinski definition) is 0. The molecule has 1 aromatic rings. The van der Waals surface area contributed by atoms with Gasteiger partial charge in [-0.2, -0.15) is 0 Å². The number of benzene rings is 1. The van der Waals surface area contributed by atoms with E-state index in [-0.39, 0.29) is 8.80 Å². The average Bonchev–Trinajstić information content (AvgIpc) is 2.47. The van der Waals surface area contributed by atoms with E-state index in [2.05, 4.69) is 24.8 Å². The summed E-state index contributed by atoms with van der Waals surface area (Å²) in [5.74, 6) is 7.07. The summed E-state index contributed by atoms with van der Waals surface area (Å²) in [6.07, 6.45) is 8.55. The van der Waals surface area contributed by atoms with Crippen molar-refractivity contribution in [1.29, 1.82) is 0 Å². The predicted molar refractivity (Wildman–Crippen MR) is 92.1 cm³/mol. The lowest BCUT2D eigenvalue weighted by Crippen LogP contribution is -2.19. The van der Waals surface area contributed by atoms with E-state index in [0.29, 0.717) is 0 Å². The highest BCUT2D eigenvalue weighted by Gasteiger charge is 2.19. The Morgan fingerprint density at radius 3 is 2.60 bits per heavy atom. The second-order valence-corrected chi connectivity index (χ2v) is 9.61. The van der Waals surface area contributed by atoms with Crippen LogP contribution >= 0.6 is 11.6 Å². The van der Waals surface area contributed by atoms with E-state index in [0.717, 1.165) is 16.5 Å². The zero-order valence-corrected chi connectivity index (χ0v) is 14.2. The van der Waals surface area contributed by atoms with Gasteiger partial charge < -0.3 is 0 Å². The zero-order chi connectivity index (χ0) is 14.2. The van der Waals surface area contributed by atoms with Gasteiger partial charge in [0.1, 0.15) is 0 Å². The highest BCUT2D eigenvalue weighted by Crippen LogP contribution is 2.28. The molecule has 106 valence electrons. The molecule has 0 radical (unpaired) electrons. The van der Waals surface area contributed by atoms with E-state index < -0.39 is 0 Å². The normalized spacial score (nSPS) is 22.5. The van der Waals surface area contributed by atoms with Crippen molar-refractivity contribution >= 4 is 20.4 Å². The summed E-state index contributed by atoms with van der Waals surface area (Å²) >= 11 is 5.85. The Morgan fingerprint density at radius 1 is 1.25 bits per heavy atom. The van der Waals surface area contributed by atoms with Gasteiger partial charge in [-0.15, -0.1) is 0 Å². The SMILES string of the molecule is CCC[SiH]1CCC(/C=C/C#Cc2ccc(Cl)cc2)CC1. The predicted octanol–water partition coefficient (Wildman–Crippen LogP) is 5.29. The van der Waals surface area contributed by atoms with E-state index >= 15 is 0 Å². The summed E-state index contributed by atoms with van der Waals surface area (Å²) in [4.78, 5) is 0. The van der Waals surface area contributed by atoms with Crippen LogP contribution in [0.3, 0.4) is 0 Å². The molecular weight excluding hydrogens is 280 g/mol. The monoisotopic (exact) mass is 302 g/mol. The molecule has 0 N–H and O–H groups in total. The smallest absolute Gasteiger partial charge is 0.0406 e. The average molecular weight is 303 g/mol. The van der Waals surface area contributed by atoms with Gasteiger partial charge >= 0.3 is 0 Å². The van der Waals surface area contributed by atoms with Gasteiger partial charge in [-0.05, 0) is 49.1 Å². The van der Waals surface area contributed by atoms with Crippen LogP contribution in [0, 0.1) is 17.8 Å². The van der Waals surface area contributed by atoms with E-state index in [9.17, 15) is 0 Å². The number of rotatable bonds is 3. The fraction of sp³-hybridized carbons (Fsp3) is 0.444. The molecule has 1 aliphatic rings. The second-order valence-electron chi connectivity index (χ2n) is 5.70. The van der Waals surface area contributed by atoms with Crippen molar-refractivity contribution in [2.45, 2.75) is 44.3 Å². The van der Waals surface area contributed by atoms with Crippen LogP contribution in [0.15, 0.2) is 36.4 Å². The lowest BCUT2D eigenvalue weighted by atomic mass is 10.0. The van der Waals surface area contributed by atoms with Crippen LogP contribution in [0.2, 0.25) is 23.2 Å². The van der Waals surface area contributed by atoms with Crippen LogP contribution in [0.25, 0.3) is 0 Å². The van der Waals surface area contributed by atoms with Crippen LogP contribution < -0.4 is 0 Å². The maximum absolute atomic E-state index is 5.85. The van der Waals surface area contributed by atoms with Crippen molar-refractivity contribution in [3.63, 3.8) is 0 Å². The van der Waals surface area contributed by atoms with Crippen LogP contribution in [0.1, 0.15) is 31.7 Å². The first-order chi connectivity index (χ1) is 9.78. The van der Waals surface area contributed by atoms with Crippen LogP contribution in [0.4, 0.5) is 0 Å². The quantitative estimate of drug-likeness (QED) is 0.525. The maximum Gasteiger partial charge on any atom is 0.0406 e. The highest BCUT2D eigenvalue weighted by atomic mass is 35.5. The molecular formula is C18H23ClSi. The van der Waals surface area contributed by atoms with Gasteiger partial charge in [0.25, 0.3) is 0 Å². The Hall–Kier alpha value is -0.973. The summed E-state index contributed by atoms with van der Waals surface area (Å²) in [6.45, 7) is 2.32. The molecule has 1 fully saturated rings. The van der Waals surface area contributed by atoms with E-state index in [4.69, 9.17) is 11.6 Å². The van der Waals surface area contributed by atoms with Gasteiger partial charge in [0, 0.05) is 19.4 Å². The molecule has 2 heteroatoms. The van der Waals surface area contributed by atoms with Crippen molar-refractivity contribution in [2.75, 3.05) is 0 Å². The molecule has 1 aliphatic heterocycles. The van der Waals surface area contributed by atoms with Crippen molar-refractivity contribution in [2.24, 2.45) is 5.92 Å². The third-order valence-corrected chi connectivity index (χ3v) is 8.05. The van der Waals surface area contributed by atoms with Crippen molar-refractivity contribution in [3.8, 4) is 11.8 Å². The van der Waals surface area contributed by atoms with Gasteiger partial charge in [-0.25, -0.2) is 0 Å². The largest absolute Gasteiger partial charge is 0.0843 e. The molecule has 0 aromatic heterocycles. The minimum absolute atomic E-state index is 0.342. The Kier molecular flexibility index (Phi) is 6.43. The van der Waals surface area contributed by atoms with Gasteiger partial charge in [0.15, 0.2) is 0 Å². The second kappa shape index (κ2) is 8.34.